The Hall–Kier alpha value is -2.18. The lowest BCUT2D eigenvalue weighted by Crippen LogP contribution is -2.12. The molecule has 2 heterocycles. The van der Waals surface area contributed by atoms with Gasteiger partial charge >= 0.3 is 0 Å². The van der Waals surface area contributed by atoms with Crippen molar-refractivity contribution in [1.82, 2.24) is 9.97 Å². The van der Waals surface area contributed by atoms with E-state index in [1.807, 2.05) is 45.0 Å². The van der Waals surface area contributed by atoms with Crippen molar-refractivity contribution in [1.29, 1.82) is 0 Å². The molecular weight excluding hydrogens is 338 g/mol. The molecule has 0 saturated carbocycles. The first kappa shape index (κ1) is 16.7. The highest BCUT2D eigenvalue weighted by atomic mass is 32.2. The average molecular weight is 355 g/mol. The van der Waals surface area contributed by atoms with Crippen molar-refractivity contribution in [2.24, 2.45) is 0 Å². The molecule has 0 fully saturated rings. The third-order valence-electron chi connectivity index (χ3n) is 3.48. The highest BCUT2D eigenvalue weighted by Crippen LogP contribution is 2.28. The van der Waals surface area contributed by atoms with E-state index in [-0.39, 0.29) is 5.91 Å². The first-order valence-electron chi connectivity index (χ1n) is 7.47. The number of nitrogens with one attached hydrogen (secondary N) is 1. The van der Waals surface area contributed by atoms with Crippen LogP contribution in [0.2, 0.25) is 0 Å². The summed E-state index contributed by atoms with van der Waals surface area (Å²) >= 11 is 3.14. The van der Waals surface area contributed by atoms with Crippen LogP contribution in [0.5, 0.6) is 0 Å². The molecule has 2 aromatic heterocycles. The van der Waals surface area contributed by atoms with Crippen molar-refractivity contribution in [3.05, 3.63) is 63.6 Å². The molecule has 0 saturated heterocycles. The minimum atomic E-state index is -0.0632. The summed E-state index contributed by atoms with van der Waals surface area (Å²) in [6.07, 6.45) is 3.45. The normalized spacial score (nSPS) is 10.6. The number of aryl methyl sites for hydroxylation is 3. The Morgan fingerprint density at radius 2 is 1.88 bits per heavy atom. The molecule has 24 heavy (non-hydrogen) atoms. The maximum atomic E-state index is 12.4. The zero-order chi connectivity index (χ0) is 17.1. The minimum Gasteiger partial charge on any atom is -0.322 e. The number of benzene rings is 1. The van der Waals surface area contributed by atoms with E-state index in [2.05, 4.69) is 15.3 Å². The summed E-state index contributed by atoms with van der Waals surface area (Å²) in [5.74, 6) is -0.0632. The van der Waals surface area contributed by atoms with Gasteiger partial charge in [-0.25, -0.2) is 9.97 Å². The van der Waals surface area contributed by atoms with E-state index in [9.17, 15) is 4.79 Å². The maximum absolute atomic E-state index is 12.4. The Kier molecular flexibility index (Phi) is 4.97. The molecule has 4 nitrogen and oxygen atoms in total. The van der Waals surface area contributed by atoms with Gasteiger partial charge < -0.3 is 5.32 Å². The molecule has 6 heteroatoms. The second-order valence-corrected chi connectivity index (χ2v) is 7.89. The monoisotopic (exact) mass is 355 g/mol. The number of thiophene rings is 1. The first-order valence-corrected chi connectivity index (χ1v) is 9.10. The molecule has 122 valence electrons. The van der Waals surface area contributed by atoms with Gasteiger partial charge in [0.15, 0.2) is 5.16 Å². The number of aromatic nitrogens is 2. The molecule has 0 atom stereocenters. The van der Waals surface area contributed by atoms with Gasteiger partial charge in [0.25, 0.3) is 5.91 Å². The molecule has 0 aliphatic heterocycles. The quantitative estimate of drug-likeness (QED) is 0.679. The summed E-state index contributed by atoms with van der Waals surface area (Å²) in [4.78, 5) is 24.1. The topological polar surface area (TPSA) is 54.9 Å². The minimum absolute atomic E-state index is 0.0632. The van der Waals surface area contributed by atoms with E-state index in [0.29, 0.717) is 5.16 Å². The van der Waals surface area contributed by atoms with Gasteiger partial charge in [0.05, 0.1) is 5.56 Å². The van der Waals surface area contributed by atoms with Gasteiger partial charge in [0.2, 0.25) is 0 Å². The summed E-state index contributed by atoms with van der Waals surface area (Å²) in [5, 5.41) is 3.71. The molecule has 0 radical (unpaired) electrons. The van der Waals surface area contributed by atoms with Crippen molar-refractivity contribution < 1.29 is 4.79 Å². The van der Waals surface area contributed by atoms with Crippen LogP contribution in [0.1, 0.15) is 25.7 Å². The fourth-order valence-corrected chi connectivity index (χ4v) is 4.06. The molecular formula is C18H17N3OS2. The van der Waals surface area contributed by atoms with Gasteiger partial charge in [0, 0.05) is 32.7 Å². The summed E-state index contributed by atoms with van der Waals surface area (Å²) in [7, 11) is 0. The molecule has 0 bridgehead atoms. The Morgan fingerprint density at radius 1 is 1.12 bits per heavy atom. The van der Waals surface area contributed by atoms with Gasteiger partial charge in [-0.05, 0) is 68.4 Å². The second kappa shape index (κ2) is 7.15. The lowest BCUT2D eigenvalue weighted by Gasteiger charge is -2.10. The van der Waals surface area contributed by atoms with Gasteiger partial charge in [-0.3, -0.25) is 4.79 Å². The molecule has 0 unspecified atom stereocenters. The lowest BCUT2D eigenvalue weighted by molar-refractivity contribution is 0.102. The van der Waals surface area contributed by atoms with Gasteiger partial charge in [-0.15, -0.1) is 11.3 Å². The van der Waals surface area contributed by atoms with Crippen LogP contribution in [0, 0.1) is 20.8 Å². The molecule has 3 aromatic rings. The number of nitrogens with zero attached hydrogens (tertiary/aromatic N) is 2. The summed E-state index contributed by atoms with van der Waals surface area (Å²) in [5.41, 5.74) is 2.57. The van der Waals surface area contributed by atoms with Gasteiger partial charge in [0.1, 0.15) is 0 Å². The van der Waals surface area contributed by atoms with E-state index in [1.165, 1.54) is 11.8 Å². The van der Waals surface area contributed by atoms with Crippen LogP contribution in [0.15, 0.2) is 52.8 Å². The van der Waals surface area contributed by atoms with E-state index in [0.717, 1.165) is 31.5 Å². The highest BCUT2D eigenvalue weighted by molar-refractivity contribution is 7.99. The number of amides is 1. The van der Waals surface area contributed by atoms with Crippen LogP contribution in [-0.4, -0.2) is 15.9 Å². The SMILES string of the molecule is Cc1cc(C(=O)Nc2ccc(Sc3ncccn3)cc2C)c(C)s1. The predicted molar refractivity (Wildman–Crippen MR) is 99.1 cm³/mol. The van der Waals surface area contributed by atoms with Crippen LogP contribution in [0.25, 0.3) is 0 Å². The van der Waals surface area contributed by atoms with Crippen LogP contribution in [0.3, 0.4) is 0 Å². The molecule has 1 amide bonds. The van der Waals surface area contributed by atoms with E-state index in [1.54, 1.807) is 29.8 Å². The number of rotatable bonds is 4. The van der Waals surface area contributed by atoms with E-state index < -0.39 is 0 Å². The number of hydrogen-bond acceptors (Lipinski definition) is 5. The van der Waals surface area contributed by atoms with Crippen molar-refractivity contribution in [2.75, 3.05) is 5.32 Å². The molecule has 1 N–H and O–H groups in total. The van der Waals surface area contributed by atoms with Crippen LogP contribution >= 0.6 is 23.1 Å². The third-order valence-corrected chi connectivity index (χ3v) is 5.33. The zero-order valence-corrected chi connectivity index (χ0v) is 15.3. The summed E-state index contributed by atoms with van der Waals surface area (Å²) < 4.78 is 0. The Balaban J connectivity index is 1.75. The zero-order valence-electron chi connectivity index (χ0n) is 13.7. The summed E-state index contributed by atoms with van der Waals surface area (Å²) in [6, 6.07) is 9.65. The second-order valence-electron chi connectivity index (χ2n) is 5.39. The van der Waals surface area contributed by atoms with Crippen LogP contribution < -0.4 is 5.32 Å². The Bertz CT molecular complexity index is 875. The smallest absolute Gasteiger partial charge is 0.256 e. The average Bonchev–Trinajstić information content (AvgIpc) is 2.89. The predicted octanol–water partition coefficient (Wildman–Crippen LogP) is 4.87. The van der Waals surface area contributed by atoms with Gasteiger partial charge in [-0.1, -0.05) is 0 Å². The molecule has 0 aliphatic carbocycles. The fraction of sp³-hybridized carbons (Fsp3) is 0.167. The van der Waals surface area contributed by atoms with Crippen LogP contribution in [0.4, 0.5) is 5.69 Å². The Labute approximate surface area is 149 Å². The van der Waals surface area contributed by atoms with Crippen LogP contribution in [-0.2, 0) is 0 Å². The molecule has 3 rings (SSSR count). The van der Waals surface area contributed by atoms with Crippen molar-refractivity contribution >= 4 is 34.7 Å². The third kappa shape index (κ3) is 3.83. The molecule has 0 spiro atoms. The summed E-state index contributed by atoms with van der Waals surface area (Å²) in [6.45, 7) is 5.97. The fourth-order valence-electron chi connectivity index (χ4n) is 2.33. The standard InChI is InChI=1S/C18H17N3OS2/c1-11-9-14(24-18-19-7-4-8-20-18)5-6-16(11)21-17(22)15-10-12(2)23-13(15)3/h4-10H,1-3H3,(H,21,22). The van der Waals surface area contributed by atoms with Gasteiger partial charge in [-0.2, -0.15) is 0 Å². The maximum Gasteiger partial charge on any atom is 0.256 e. The Morgan fingerprint density at radius 3 is 2.50 bits per heavy atom. The number of anilines is 1. The molecule has 0 aliphatic rings. The molecule has 1 aromatic carbocycles. The lowest BCUT2D eigenvalue weighted by atomic mass is 10.2. The van der Waals surface area contributed by atoms with E-state index >= 15 is 0 Å². The van der Waals surface area contributed by atoms with E-state index in [4.69, 9.17) is 0 Å². The number of hydrogen-bond donors (Lipinski definition) is 1. The highest BCUT2D eigenvalue weighted by Gasteiger charge is 2.13. The number of carbonyl (C=O) groups is 1. The van der Waals surface area contributed by atoms with Crippen molar-refractivity contribution in [3.8, 4) is 0 Å². The number of carbonyl (C=O) groups excluding carboxylic acids is 1. The first-order chi connectivity index (χ1) is 11.5. The van der Waals surface area contributed by atoms with Crippen molar-refractivity contribution in [3.63, 3.8) is 0 Å². The van der Waals surface area contributed by atoms with Crippen molar-refractivity contribution in [2.45, 2.75) is 30.8 Å². The largest absolute Gasteiger partial charge is 0.322 e.